The number of hydrogen-bond donors (Lipinski definition) is 2. The van der Waals surface area contributed by atoms with E-state index in [4.69, 9.17) is 17.3 Å². The fourth-order valence-electron chi connectivity index (χ4n) is 1.79. The predicted molar refractivity (Wildman–Crippen MR) is 70.9 cm³/mol. The van der Waals surface area contributed by atoms with Crippen molar-refractivity contribution in [1.82, 2.24) is 0 Å². The molecule has 0 aliphatic carbocycles. The van der Waals surface area contributed by atoms with Gasteiger partial charge in [0.25, 0.3) is 0 Å². The van der Waals surface area contributed by atoms with Crippen molar-refractivity contribution in [1.29, 1.82) is 0 Å². The van der Waals surface area contributed by atoms with E-state index < -0.39 is 11.9 Å². The van der Waals surface area contributed by atoms with Crippen LogP contribution in [0.2, 0.25) is 5.02 Å². The minimum absolute atomic E-state index is 0.366. The topological polar surface area (TPSA) is 46.2 Å². The predicted octanol–water partition coefficient (Wildman–Crippen LogP) is 3.34. The number of halogens is 2. The van der Waals surface area contributed by atoms with Gasteiger partial charge in [0, 0.05) is 22.7 Å². The zero-order valence-electron chi connectivity index (χ0n) is 9.61. The zero-order valence-corrected chi connectivity index (χ0v) is 10.4. The Kier molecular flexibility index (Phi) is 3.84. The van der Waals surface area contributed by atoms with Crippen molar-refractivity contribution < 1.29 is 9.50 Å². The van der Waals surface area contributed by atoms with Crippen LogP contribution in [0.15, 0.2) is 42.5 Å². The molecule has 0 aromatic heterocycles. The molecule has 18 heavy (non-hydrogen) atoms. The maximum Gasteiger partial charge on any atom is 0.123 e. The smallest absolute Gasteiger partial charge is 0.123 e. The minimum Gasteiger partial charge on any atom is -0.398 e. The minimum atomic E-state index is -0.832. The van der Waals surface area contributed by atoms with Crippen LogP contribution in [0.4, 0.5) is 10.1 Å². The van der Waals surface area contributed by atoms with E-state index in [2.05, 4.69) is 0 Å². The quantitative estimate of drug-likeness (QED) is 0.836. The van der Waals surface area contributed by atoms with E-state index in [0.29, 0.717) is 22.7 Å². The van der Waals surface area contributed by atoms with Crippen LogP contribution in [-0.2, 0) is 6.42 Å². The van der Waals surface area contributed by atoms with Gasteiger partial charge in [0.15, 0.2) is 0 Å². The molecule has 0 saturated carbocycles. The van der Waals surface area contributed by atoms with E-state index in [1.165, 1.54) is 18.2 Å². The highest BCUT2D eigenvalue weighted by Crippen LogP contribution is 2.25. The molecule has 0 heterocycles. The summed E-state index contributed by atoms with van der Waals surface area (Å²) in [7, 11) is 0. The fourth-order valence-corrected chi connectivity index (χ4v) is 1.91. The summed E-state index contributed by atoms with van der Waals surface area (Å²) in [5.41, 5.74) is 7.43. The molecular weight excluding hydrogens is 253 g/mol. The molecule has 0 amide bonds. The molecule has 3 N–H and O–H groups in total. The maximum atomic E-state index is 13.1. The second kappa shape index (κ2) is 5.38. The maximum absolute atomic E-state index is 13.1. The lowest BCUT2D eigenvalue weighted by atomic mass is 10.00. The SMILES string of the molecule is Nc1ccc(F)cc1C(O)Cc1ccc(Cl)cc1. The second-order valence-corrected chi connectivity index (χ2v) is 4.56. The van der Waals surface area contributed by atoms with Gasteiger partial charge < -0.3 is 10.8 Å². The van der Waals surface area contributed by atoms with Gasteiger partial charge in [-0.05, 0) is 35.9 Å². The molecular formula is C14H13ClFNO. The molecule has 0 saturated heterocycles. The summed E-state index contributed by atoms with van der Waals surface area (Å²) in [6.45, 7) is 0. The molecule has 1 unspecified atom stereocenters. The van der Waals surface area contributed by atoms with E-state index in [0.717, 1.165) is 5.56 Å². The lowest BCUT2D eigenvalue weighted by molar-refractivity contribution is 0.179. The average molecular weight is 266 g/mol. The molecule has 2 rings (SSSR count). The number of benzene rings is 2. The lowest BCUT2D eigenvalue weighted by Gasteiger charge is -2.13. The second-order valence-electron chi connectivity index (χ2n) is 4.12. The highest BCUT2D eigenvalue weighted by Gasteiger charge is 2.12. The van der Waals surface area contributed by atoms with Gasteiger partial charge in [-0.15, -0.1) is 0 Å². The van der Waals surface area contributed by atoms with Crippen LogP contribution in [0.25, 0.3) is 0 Å². The Morgan fingerprint density at radius 1 is 1.17 bits per heavy atom. The molecule has 0 bridgehead atoms. The number of aliphatic hydroxyl groups excluding tert-OH is 1. The first-order valence-corrected chi connectivity index (χ1v) is 5.91. The number of aliphatic hydroxyl groups is 1. The van der Waals surface area contributed by atoms with E-state index in [1.807, 2.05) is 12.1 Å². The molecule has 4 heteroatoms. The van der Waals surface area contributed by atoms with Crippen LogP contribution in [0.5, 0.6) is 0 Å². The number of rotatable bonds is 3. The Morgan fingerprint density at radius 3 is 2.50 bits per heavy atom. The van der Waals surface area contributed by atoms with Gasteiger partial charge in [-0.25, -0.2) is 4.39 Å². The van der Waals surface area contributed by atoms with Crippen molar-refractivity contribution in [3.05, 3.63) is 64.4 Å². The first-order valence-electron chi connectivity index (χ1n) is 5.53. The zero-order chi connectivity index (χ0) is 13.1. The van der Waals surface area contributed by atoms with Gasteiger partial charge in [0.2, 0.25) is 0 Å². The van der Waals surface area contributed by atoms with Crippen molar-refractivity contribution in [2.24, 2.45) is 0 Å². The molecule has 0 radical (unpaired) electrons. The molecule has 0 spiro atoms. The van der Waals surface area contributed by atoms with Crippen molar-refractivity contribution in [3.63, 3.8) is 0 Å². The molecule has 2 nitrogen and oxygen atoms in total. The Hall–Kier alpha value is -1.58. The summed E-state index contributed by atoms with van der Waals surface area (Å²) in [5.74, 6) is -0.408. The average Bonchev–Trinajstić information content (AvgIpc) is 2.35. The molecule has 1 atom stereocenters. The van der Waals surface area contributed by atoms with Gasteiger partial charge in [-0.1, -0.05) is 23.7 Å². The van der Waals surface area contributed by atoms with Gasteiger partial charge in [0.1, 0.15) is 5.82 Å². The van der Waals surface area contributed by atoms with Crippen molar-refractivity contribution in [2.45, 2.75) is 12.5 Å². The van der Waals surface area contributed by atoms with Gasteiger partial charge in [0.05, 0.1) is 6.10 Å². The van der Waals surface area contributed by atoms with Crippen LogP contribution < -0.4 is 5.73 Å². The van der Waals surface area contributed by atoms with Crippen molar-refractivity contribution in [3.8, 4) is 0 Å². The summed E-state index contributed by atoms with van der Waals surface area (Å²) in [5, 5.41) is 10.7. The fraction of sp³-hybridized carbons (Fsp3) is 0.143. The highest BCUT2D eigenvalue weighted by molar-refractivity contribution is 6.30. The Morgan fingerprint density at radius 2 is 1.83 bits per heavy atom. The van der Waals surface area contributed by atoms with E-state index in [9.17, 15) is 9.50 Å². The Bertz CT molecular complexity index is 542. The van der Waals surface area contributed by atoms with E-state index in [1.54, 1.807) is 12.1 Å². The van der Waals surface area contributed by atoms with E-state index >= 15 is 0 Å². The third-order valence-corrected chi connectivity index (χ3v) is 3.00. The molecule has 2 aromatic rings. The van der Waals surface area contributed by atoms with Crippen LogP contribution in [0, 0.1) is 5.82 Å². The van der Waals surface area contributed by atoms with Gasteiger partial charge in [-0.3, -0.25) is 0 Å². The monoisotopic (exact) mass is 265 g/mol. The van der Waals surface area contributed by atoms with Crippen LogP contribution in [-0.4, -0.2) is 5.11 Å². The molecule has 94 valence electrons. The summed E-state index contributed by atoms with van der Waals surface area (Å²) in [6.07, 6.45) is -0.466. The molecule has 0 aliphatic heterocycles. The third-order valence-electron chi connectivity index (χ3n) is 2.75. The number of nitrogens with two attached hydrogens (primary N) is 1. The highest BCUT2D eigenvalue weighted by atomic mass is 35.5. The van der Waals surface area contributed by atoms with Crippen LogP contribution in [0.3, 0.4) is 0 Å². The molecule has 0 fully saturated rings. The lowest BCUT2D eigenvalue weighted by Crippen LogP contribution is -2.05. The number of hydrogen-bond acceptors (Lipinski definition) is 2. The third kappa shape index (κ3) is 3.00. The summed E-state index contributed by atoms with van der Waals surface area (Å²) >= 11 is 5.78. The normalized spacial score (nSPS) is 12.4. The largest absolute Gasteiger partial charge is 0.398 e. The molecule has 0 aliphatic rings. The Labute approximate surface area is 110 Å². The first kappa shape index (κ1) is 12.9. The first-order chi connectivity index (χ1) is 8.56. The summed E-state index contributed by atoms with van der Waals surface area (Å²) < 4.78 is 13.1. The van der Waals surface area contributed by atoms with Crippen LogP contribution >= 0.6 is 11.6 Å². The van der Waals surface area contributed by atoms with Gasteiger partial charge >= 0.3 is 0 Å². The van der Waals surface area contributed by atoms with Crippen molar-refractivity contribution in [2.75, 3.05) is 5.73 Å². The number of nitrogen functional groups attached to an aromatic ring is 1. The van der Waals surface area contributed by atoms with Crippen LogP contribution in [0.1, 0.15) is 17.2 Å². The van der Waals surface area contributed by atoms with Gasteiger partial charge in [-0.2, -0.15) is 0 Å². The standard InChI is InChI=1S/C14H13ClFNO/c15-10-3-1-9(2-4-10)7-14(18)12-8-11(16)5-6-13(12)17/h1-6,8,14,18H,7,17H2. The Balaban J connectivity index is 2.18. The van der Waals surface area contributed by atoms with E-state index in [-0.39, 0.29) is 0 Å². The summed E-state index contributed by atoms with van der Waals surface area (Å²) in [6, 6.07) is 11.1. The van der Waals surface area contributed by atoms with Crippen molar-refractivity contribution >= 4 is 17.3 Å². The molecule has 2 aromatic carbocycles. The number of anilines is 1. The summed E-state index contributed by atoms with van der Waals surface area (Å²) in [4.78, 5) is 0.